The second-order valence-corrected chi connectivity index (χ2v) is 5.98. The van der Waals surface area contributed by atoms with E-state index in [-0.39, 0.29) is 32.7 Å². The Morgan fingerprint density at radius 1 is 1.21 bits per heavy atom. The summed E-state index contributed by atoms with van der Waals surface area (Å²) in [4.78, 5) is 29.4. The van der Waals surface area contributed by atoms with Crippen LogP contribution < -0.4 is 5.32 Å². The van der Waals surface area contributed by atoms with Crippen LogP contribution in [0.4, 0.5) is 11.4 Å². The van der Waals surface area contributed by atoms with Gasteiger partial charge in [-0.2, -0.15) is 0 Å². The van der Waals surface area contributed by atoms with Crippen LogP contribution in [0.15, 0.2) is 42.7 Å². The lowest BCUT2D eigenvalue weighted by atomic mass is 10.1. The fourth-order valence-electron chi connectivity index (χ4n) is 2.25. The van der Waals surface area contributed by atoms with Crippen LogP contribution in [0.2, 0.25) is 10.0 Å². The second kappa shape index (κ2) is 9.20. The Morgan fingerprint density at radius 2 is 1.93 bits per heavy atom. The number of hydrogen-bond acceptors (Lipinski definition) is 5. The van der Waals surface area contributed by atoms with Gasteiger partial charge in [0.2, 0.25) is 0 Å². The number of aromatic hydroxyl groups is 1. The van der Waals surface area contributed by atoms with Crippen LogP contribution in [0.5, 0.6) is 5.75 Å². The molecular formula is C18H16Cl2N4O4. The molecule has 0 aliphatic carbocycles. The van der Waals surface area contributed by atoms with Crippen LogP contribution >= 0.6 is 23.2 Å². The van der Waals surface area contributed by atoms with Gasteiger partial charge in [-0.15, -0.1) is 0 Å². The summed E-state index contributed by atoms with van der Waals surface area (Å²) in [6.45, 7) is 4.00. The van der Waals surface area contributed by atoms with Gasteiger partial charge in [-0.05, 0) is 18.2 Å². The number of anilines is 1. The molecule has 0 fully saturated rings. The highest BCUT2D eigenvalue weighted by Crippen LogP contribution is 2.33. The molecule has 10 heteroatoms. The van der Waals surface area contributed by atoms with E-state index in [1.54, 1.807) is 6.20 Å². The Bertz CT molecular complexity index is 1010. The highest BCUT2D eigenvalue weighted by Gasteiger charge is 2.18. The molecule has 3 rings (SSSR count). The van der Waals surface area contributed by atoms with E-state index in [2.05, 4.69) is 15.3 Å². The molecule has 1 aromatic heterocycles. The normalized spacial score (nSPS) is 10.0. The maximum Gasteiger partial charge on any atom is 0.271 e. The van der Waals surface area contributed by atoms with Crippen molar-refractivity contribution in [3.8, 4) is 17.1 Å². The molecule has 0 atom stereocenters. The molecule has 1 amide bonds. The first kappa shape index (κ1) is 21.2. The summed E-state index contributed by atoms with van der Waals surface area (Å²) in [5, 5.41) is 23.6. The number of nitrogens with zero attached hydrogens (tertiary/aromatic N) is 2. The van der Waals surface area contributed by atoms with Gasteiger partial charge in [-0.3, -0.25) is 14.9 Å². The molecule has 0 saturated heterocycles. The number of carbonyl (C=O) groups is 1. The molecule has 3 aromatic rings. The minimum absolute atomic E-state index is 0.00894. The number of hydrogen-bond donors (Lipinski definition) is 3. The summed E-state index contributed by atoms with van der Waals surface area (Å²) < 4.78 is 0. The zero-order valence-electron chi connectivity index (χ0n) is 14.9. The van der Waals surface area contributed by atoms with Crippen molar-refractivity contribution in [2.75, 3.05) is 5.32 Å². The molecule has 0 unspecified atom stereocenters. The van der Waals surface area contributed by atoms with E-state index in [0.29, 0.717) is 11.4 Å². The minimum atomic E-state index is -0.675. The number of non-ortho nitro benzene ring substituents is 1. The number of aromatic nitrogens is 2. The Hall–Kier alpha value is -3.10. The number of nitro benzene ring substituents is 1. The van der Waals surface area contributed by atoms with Crippen molar-refractivity contribution in [1.82, 2.24) is 9.97 Å². The van der Waals surface area contributed by atoms with Gasteiger partial charge in [0.25, 0.3) is 11.6 Å². The second-order valence-electron chi connectivity index (χ2n) is 5.16. The lowest BCUT2D eigenvalue weighted by molar-refractivity contribution is -0.384. The van der Waals surface area contributed by atoms with Crippen LogP contribution in [0.25, 0.3) is 11.4 Å². The van der Waals surface area contributed by atoms with Crippen molar-refractivity contribution in [1.29, 1.82) is 0 Å². The Kier molecular flexibility index (Phi) is 6.97. The van der Waals surface area contributed by atoms with Crippen molar-refractivity contribution < 1.29 is 14.8 Å². The van der Waals surface area contributed by atoms with Gasteiger partial charge < -0.3 is 15.4 Å². The molecular weight excluding hydrogens is 407 g/mol. The van der Waals surface area contributed by atoms with Gasteiger partial charge in [0, 0.05) is 30.1 Å². The number of halogens is 2. The number of rotatable bonds is 4. The fourth-order valence-corrected chi connectivity index (χ4v) is 2.72. The maximum atomic E-state index is 12.4. The molecule has 0 aliphatic heterocycles. The molecule has 28 heavy (non-hydrogen) atoms. The number of imidazole rings is 1. The van der Waals surface area contributed by atoms with Gasteiger partial charge in [0.05, 0.1) is 26.2 Å². The van der Waals surface area contributed by atoms with Crippen LogP contribution in [-0.4, -0.2) is 25.9 Å². The molecule has 0 bridgehead atoms. The predicted octanol–water partition coefficient (Wildman–Crippen LogP) is 5.28. The average molecular weight is 423 g/mol. The molecule has 8 nitrogen and oxygen atoms in total. The Morgan fingerprint density at radius 3 is 2.50 bits per heavy atom. The van der Waals surface area contributed by atoms with Gasteiger partial charge in [-0.1, -0.05) is 37.0 Å². The lowest BCUT2D eigenvalue weighted by Gasteiger charge is -2.10. The number of nitro groups is 1. The number of benzene rings is 2. The summed E-state index contributed by atoms with van der Waals surface area (Å²) in [6, 6.07) is 6.23. The summed E-state index contributed by atoms with van der Waals surface area (Å²) in [6.07, 6.45) is 3.12. The average Bonchev–Trinajstić information content (AvgIpc) is 3.20. The molecule has 146 valence electrons. The smallest absolute Gasteiger partial charge is 0.271 e. The first-order valence-corrected chi connectivity index (χ1v) is 8.90. The van der Waals surface area contributed by atoms with Crippen LogP contribution in [0.3, 0.4) is 0 Å². The summed E-state index contributed by atoms with van der Waals surface area (Å²) in [5.74, 6) is -0.543. The van der Waals surface area contributed by atoms with Gasteiger partial charge in [0.1, 0.15) is 11.6 Å². The third-order valence-electron chi connectivity index (χ3n) is 3.50. The molecule has 2 aromatic carbocycles. The van der Waals surface area contributed by atoms with Crippen LogP contribution in [-0.2, 0) is 0 Å². The molecule has 0 spiro atoms. The van der Waals surface area contributed by atoms with Gasteiger partial charge >= 0.3 is 0 Å². The number of amides is 1. The van der Waals surface area contributed by atoms with Gasteiger partial charge in [-0.25, -0.2) is 4.98 Å². The molecule has 3 N–H and O–H groups in total. The van der Waals surface area contributed by atoms with Crippen molar-refractivity contribution in [3.05, 3.63) is 68.4 Å². The number of aromatic amines is 1. The van der Waals surface area contributed by atoms with E-state index in [4.69, 9.17) is 23.2 Å². The van der Waals surface area contributed by atoms with Crippen LogP contribution in [0.1, 0.15) is 24.2 Å². The summed E-state index contributed by atoms with van der Waals surface area (Å²) in [5.41, 5.74) is 0.299. The third-order valence-corrected chi connectivity index (χ3v) is 4.12. The van der Waals surface area contributed by atoms with E-state index >= 15 is 0 Å². The number of phenolic OH excluding ortho intramolecular Hbond substituents is 1. The molecule has 0 radical (unpaired) electrons. The monoisotopic (exact) mass is 422 g/mol. The standard InChI is InChI=1S/C16H10Cl2N4O4.C2H6/c17-11-6-10(14(23)7-9(11)15-19-3-4-20-15)16(24)21-13-2-1-8(22(25)26)5-12(13)18;1-2/h1-7,23H,(H,19,20)(H,21,24);1-2H3. The van der Waals surface area contributed by atoms with Crippen molar-refractivity contribution in [2.24, 2.45) is 0 Å². The lowest BCUT2D eigenvalue weighted by Crippen LogP contribution is -2.12. The quantitative estimate of drug-likeness (QED) is 0.390. The summed E-state index contributed by atoms with van der Waals surface area (Å²) >= 11 is 12.1. The number of H-pyrrole nitrogens is 1. The SMILES string of the molecule is CC.O=C(Nc1ccc([N+](=O)[O-])cc1Cl)c1cc(Cl)c(-c2ncc[nH]2)cc1O. The van der Waals surface area contributed by atoms with Gasteiger partial charge in [0.15, 0.2) is 0 Å². The highest BCUT2D eigenvalue weighted by atomic mass is 35.5. The number of carbonyl (C=O) groups excluding carboxylic acids is 1. The Labute approximate surface area is 170 Å². The molecule has 0 aliphatic rings. The van der Waals surface area contributed by atoms with Crippen LogP contribution in [0, 0.1) is 10.1 Å². The zero-order valence-corrected chi connectivity index (χ0v) is 16.4. The Balaban J connectivity index is 0.00000136. The number of phenols is 1. The van der Waals surface area contributed by atoms with Crippen molar-refractivity contribution in [2.45, 2.75) is 13.8 Å². The maximum absolute atomic E-state index is 12.4. The fraction of sp³-hybridized carbons (Fsp3) is 0.111. The van der Waals surface area contributed by atoms with E-state index in [9.17, 15) is 20.0 Å². The van der Waals surface area contributed by atoms with E-state index in [1.165, 1.54) is 30.5 Å². The molecule has 0 saturated carbocycles. The van der Waals surface area contributed by atoms with E-state index < -0.39 is 10.8 Å². The number of nitrogens with one attached hydrogen (secondary N) is 2. The van der Waals surface area contributed by atoms with Crippen molar-refractivity contribution in [3.63, 3.8) is 0 Å². The third kappa shape index (κ3) is 4.59. The molecule has 1 heterocycles. The summed E-state index contributed by atoms with van der Waals surface area (Å²) in [7, 11) is 0. The first-order valence-electron chi connectivity index (χ1n) is 8.14. The zero-order chi connectivity index (χ0) is 20.8. The topological polar surface area (TPSA) is 121 Å². The van der Waals surface area contributed by atoms with E-state index in [0.717, 1.165) is 6.07 Å². The van der Waals surface area contributed by atoms with E-state index in [1.807, 2.05) is 13.8 Å². The first-order chi connectivity index (χ1) is 13.4. The highest BCUT2D eigenvalue weighted by molar-refractivity contribution is 6.35. The van der Waals surface area contributed by atoms with Crippen molar-refractivity contribution >= 4 is 40.5 Å². The predicted molar refractivity (Wildman–Crippen MR) is 108 cm³/mol. The largest absolute Gasteiger partial charge is 0.507 e. The minimum Gasteiger partial charge on any atom is -0.507 e.